The normalized spacial score (nSPS) is 12.7. The summed E-state index contributed by atoms with van der Waals surface area (Å²) in [5.41, 5.74) is 2.67. The molecule has 0 amide bonds. The predicted octanol–water partition coefficient (Wildman–Crippen LogP) is 5.66. The summed E-state index contributed by atoms with van der Waals surface area (Å²) in [7, 11) is 0. The molecular weight excluding hydrogens is 312 g/mol. The molecule has 0 fully saturated rings. The van der Waals surface area contributed by atoms with Crippen LogP contribution in [0.3, 0.4) is 0 Å². The minimum Gasteiger partial charge on any atom is -0.507 e. The molecule has 0 heterocycles. The lowest BCUT2D eigenvalue weighted by molar-refractivity contribution is -0.120. The summed E-state index contributed by atoms with van der Waals surface area (Å²) >= 11 is 0. The number of rotatable bonds is 6. The fourth-order valence-electron chi connectivity index (χ4n) is 3.25. The standard InChI is InChI=1S/C22H28O3/c1-14(2)15(3)11-12-22(5,6)19-16(4)20(24)17-9-7-8-10-18(17)21(19)25-13-23/h7-11,13-14,24H,12H2,1-6H3/b15-11+. The highest BCUT2D eigenvalue weighted by Gasteiger charge is 2.29. The van der Waals surface area contributed by atoms with Gasteiger partial charge in [0.25, 0.3) is 6.47 Å². The first-order chi connectivity index (χ1) is 11.7. The number of phenolic OH excluding ortho intramolecular Hbond substituents is 1. The van der Waals surface area contributed by atoms with E-state index in [1.165, 1.54) is 5.57 Å². The van der Waals surface area contributed by atoms with Gasteiger partial charge in [0.1, 0.15) is 11.5 Å². The molecule has 0 bridgehead atoms. The van der Waals surface area contributed by atoms with Gasteiger partial charge in [-0.1, -0.05) is 63.6 Å². The molecule has 0 aliphatic carbocycles. The zero-order valence-corrected chi connectivity index (χ0v) is 16.0. The van der Waals surface area contributed by atoms with Gasteiger partial charge in [0.05, 0.1) is 0 Å². The zero-order chi connectivity index (χ0) is 18.8. The highest BCUT2D eigenvalue weighted by Crippen LogP contribution is 2.46. The molecule has 0 aromatic heterocycles. The summed E-state index contributed by atoms with van der Waals surface area (Å²) in [4.78, 5) is 11.2. The average Bonchev–Trinajstić information content (AvgIpc) is 2.57. The summed E-state index contributed by atoms with van der Waals surface area (Å²) in [5.74, 6) is 1.29. The van der Waals surface area contributed by atoms with Crippen LogP contribution in [0, 0.1) is 12.8 Å². The number of hydrogen-bond donors (Lipinski definition) is 1. The smallest absolute Gasteiger partial charge is 0.298 e. The fraction of sp³-hybridized carbons (Fsp3) is 0.409. The Hall–Kier alpha value is -2.29. The Morgan fingerprint density at radius 3 is 2.40 bits per heavy atom. The molecular formula is C22H28O3. The number of carbonyl (C=O) groups excluding carboxylic acids is 1. The second kappa shape index (κ2) is 7.30. The lowest BCUT2D eigenvalue weighted by atomic mass is 9.76. The monoisotopic (exact) mass is 340 g/mol. The molecule has 25 heavy (non-hydrogen) atoms. The summed E-state index contributed by atoms with van der Waals surface area (Å²) in [6, 6.07) is 7.47. The summed E-state index contributed by atoms with van der Waals surface area (Å²) in [5, 5.41) is 12.2. The molecule has 0 saturated carbocycles. The Morgan fingerprint density at radius 2 is 1.84 bits per heavy atom. The second-order valence-corrected chi connectivity index (χ2v) is 7.63. The van der Waals surface area contributed by atoms with Gasteiger partial charge in [-0.25, -0.2) is 0 Å². The van der Waals surface area contributed by atoms with Crippen molar-refractivity contribution in [2.75, 3.05) is 0 Å². The molecule has 0 spiro atoms. The molecule has 0 saturated heterocycles. The second-order valence-electron chi connectivity index (χ2n) is 7.63. The average molecular weight is 340 g/mol. The molecule has 2 rings (SSSR count). The van der Waals surface area contributed by atoms with Crippen molar-refractivity contribution in [3.63, 3.8) is 0 Å². The van der Waals surface area contributed by atoms with Gasteiger partial charge in [0, 0.05) is 16.3 Å². The van der Waals surface area contributed by atoms with Crippen molar-refractivity contribution in [1.82, 2.24) is 0 Å². The van der Waals surface area contributed by atoms with Crippen molar-refractivity contribution in [2.24, 2.45) is 5.92 Å². The van der Waals surface area contributed by atoms with Gasteiger partial charge < -0.3 is 9.84 Å². The van der Waals surface area contributed by atoms with E-state index in [4.69, 9.17) is 4.74 Å². The first kappa shape index (κ1) is 19.0. The number of ether oxygens (including phenoxy) is 1. The SMILES string of the molecule is C/C(=C\CC(C)(C)c1c(C)c(O)c2ccccc2c1OC=O)C(C)C. The van der Waals surface area contributed by atoms with Crippen LogP contribution >= 0.6 is 0 Å². The van der Waals surface area contributed by atoms with Crippen LogP contribution in [-0.2, 0) is 10.2 Å². The van der Waals surface area contributed by atoms with Crippen LogP contribution in [0.25, 0.3) is 10.8 Å². The van der Waals surface area contributed by atoms with Gasteiger partial charge in [-0.05, 0) is 37.2 Å². The number of carbonyl (C=O) groups is 1. The topological polar surface area (TPSA) is 46.5 Å². The molecule has 0 atom stereocenters. The van der Waals surface area contributed by atoms with E-state index in [0.29, 0.717) is 23.5 Å². The van der Waals surface area contributed by atoms with E-state index in [1.807, 2.05) is 31.2 Å². The van der Waals surface area contributed by atoms with Gasteiger partial charge >= 0.3 is 0 Å². The van der Waals surface area contributed by atoms with Crippen molar-refractivity contribution in [1.29, 1.82) is 0 Å². The third-order valence-electron chi connectivity index (χ3n) is 5.07. The van der Waals surface area contributed by atoms with Gasteiger partial charge in [-0.15, -0.1) is 0 Å². The third-order valence-corrected chi connectivity index (χ3v) is 5.07. The quantitative estimate of drug-likeness (QED) is 0.545. The van der Waals surface area contributed by atoms with Crippen molar-refractivity contribution >= 4 is 17.2 Å². The number of fused-ring (bicyclic) bond motifs is 1. The molecule has 134 valence electrons. The lowest BCUT2D eigenvalue weighted by Gasteiger charge is -2.29. The molecule has 0 aliphatic rings. The minimum atomic E-state index is -0.292. The van der Waals surface area contributed by atoms with Gasteiger partial charge in [-0.2, -0.15) is 0 Å². The first-order valence-corrected chi connectivity index (χ1v) is 8.72. The van der Waals surface area contributed by atoms with Crippen LogP contribution in [-0.4, -0.2) is 11.6 Å². The van der Waals surface area contributed by atoms with E-state index in [-0.39, 0.29) is 11.2 Å². The summed E-state index contributed by atoms with van der Waals surface area (Å²) < 4.78 is 5.41. The molecule has 0 radical (unpaired) electrons. The van der Waals surface area contributed by atoms with Crippen molar-refractivity contribution in [3.8, 4) is 11.5 Å². The fourth-order valence-corrected chi connectivity index (χ4v) is 3.25. The molecule has 0 aliphatic heterocycles. The highest BCUT2D eigenvalue weighted by atomic mass is 16.5. The zero-order valence-electron chi connectivity index (χ0n) is 16.0. The summed E-state index contributed by atoms with van der Waals surface area (Å²) in [6.45, 7) is 13.1. The van der Waals surface area contributed by atoms with Crippen molar-refractivity contribution < 1.29 is 14.6 Å². The Bertz CT molecular complexity index is 814. The number of benzene rings is 2. The molecule has 1 N–H and O–H groups in total. The van der Waals surface area contributed by atoms with Gasteiger partial charge in [0.2, 0.25) is 0 Å². The number of allylic oxidation sites excluding steroid dienone is 2. The maximum absolute atomic E-state index is 11.2. The molecule has 2 aromatic rings. The van der Waals surface area contributed by atoms with Crippen molar-refractivity contribution in [2.45, 2.75) is 53.4 Å². The number of aromatic hydroxyl groups is 1. The van der Waals surface area contributed by atoms with Crippen LogP contribution in [0.15, 0.2) is 35.9 Å². The van der Waals surface area contributed by atoms with Crippen LogP contribution in [0.4, 0.5) is 0 Å². The van der Waals surface area contributed by atoms with E-state index in [9.17, 15) is 9.90 Å². The molecule has 0 unspecified atom stereocenters. The first-order valence-electron chi connectivity index (χ1n) is 8.72. The Balaban J connectivity index is 2.70. The van der Waals surface area contributed by atoms with Crippen LogP contribution < -0.4 is 4.74 Å². The minimum absolute atomic E-state index is 0.251. The predicted molar refractivity (Wildman–Crippen MR) is 103 cm³/mol. The van der Waals surface area contributed by atoms with E-state index in [0.717, 1.165) is 22.9 Å². The van der Waals surface area contributed by atoms with Crippen LogP contribution in [0.5, 0.6) is 11.5 Å². The number of hydrogen-bond acceptors (Lipinski definition) is 3. The largest absolute Gasteiger partial charge is 0.507 e. The van der Waals surface area contributed by atoms with Gasteiger partial charge in [0.15, 0.2) is 0 Å². The van der Waals surface area contributed by atoms with E-state index in [2.05, 4.69) is 40.7 Å². The lowest BCUT2D eigenvalue weighted by Crippen LogP contribution is -2.20. The third kappa shape index (κ3) is 3.71. The van der Waals surface area contributed by atoms with Gasteiger partial charge in [-0.3, -0.25) is 4.79 Å². The number of phenols is 1. The van der Waals surface area contributed by atoms with E-state index in [1.54, 1.807) is 0 Å². The Kier molecular flexibility index (Phi) is 5.56. The molecule has 3 heteroatoms. The maximum atomic E-state index is 11.2. The van der Waals surface area contributed by atoms with Crippen LogP contribution in [0.2, 0.25) is 0 Å². The Morgan fingerprint density at radius 1 is 1.24 bits per heavy atom. The van der Waals surface area contributed by atoms with E-state index < -0.39 is 0 Å². The Labute approximate surface area is 150 Å². The highest BCUT2D eigenvalue weighted by molar-refractivity contribution is 5.96. The molecule has 3 nitrogen and oxygen atoms in total. The van der Waals surface area contributed by atoms with E-state index >= 15 is 0 Å². The maximum Gasteiger partial charge on any atom is 0.298 e. The molecule has 2 aromatic carbocycles. The summed E-state index contributed by atoms with van der Waals surface area (Å²) in [6.07, 6.45) is 3.03. The van der Waals surface area contributed by atoms with Crippen LogP contribution in [0.1, 0.15) is 52.2 Å². The van der Waals surface area contributed by atoms with Crippen molar-refractivity contribution in [3.05, 3.63) is 47.0 Å².